The SMILES string of the molecule is CCC[S+]([O-])c1ccccc1-c1nc2cc(C(F)(F)F)cnc2n1C. The van der Waals surface area contributed by atoms with Crippen molar-refractivity contribution in [2.45, 2.75) is 24.4 Å². The van der Waals surface area contributed by atoms with Crippen LogP contribution in [0.5, 0.6) is 0 Å². The number of benzene rings is 1. The van der Waals surface area contributed by atoms with Crippen molar-refractivity contribution in [3.8, 4) is 11.4 Å². The van der Waals surface area contributed by atoms with Gasteiger partial charge in [-0.2, -0.15) is 13.2 Å². The lowest BCUT2D eigenvalue weighted by Gasteiger charge is -2.13. The molecule has 0 N–H and O–H groups in total. The third kappa shape index (κ3) is 3.36. The van der Waals surface area contributed by atoms with E-state index in [-0.39, 0.29) is 5.52 Å². The number of imidazole rings is 1. The minimum absolute atomic E-state index is 0.156. The van der Waals surface area contributed by atoms with Crippen LogP contribution in [0.4, 0.5) is 13.2 Å². The Kier molecular flexibility index (Phi) is 4.75. The molecule has 1 aromatic carbocycles. The van der Waals surface area contributed by atoms with Crippen molar-refractivity contribution in [3.05, 3.63) is 42.1 Å². The number of halogens is 3. The lowest BCUT2D eigenvalue weighted by Crippen LogP contribution is -2.08. The zero-order valence-corrected chi connectivity index (χ0v) is 14.5. The molecule has 0 spiro atoms. The van der Waals surface area contributed by atoms with E-state index >= 15 is 0 Å². The summed E-state index contributed by atoms with van der Waals surface area (Å²) in [5.74, 6) is 0.958. The van der Waals surface area contributed by atoms with E-state index in [0.29, 0.717) is 27.7 Å². The van der Waals surface area contributed by atoms with E-state index in [9.17, 15) is 17.7 Å². The van der Waals surface area contributed by atoms with Crippen LogP contribution in [0.3, 0.4) is 0 Å². The van der Waals surface area contributed by atoms with E-state index in [1.54, 1.807) is 35.9 Å². The zero-order valence-electron chi connectivity index (χ0n) is 13.7. The van der Waals surface area contributed by atoms with Gasteiger partial charge in [0.1, 0.15) is 17.1 Å². The van der Waals surface area contributed by atoms with E-state index in [4.69, 9.17) is 0 Å². The average Bonchev–Trinajstić information content (AvgIpc) is 2.90. The van der Waals surface area contributed by atoms with E-state index in [0.717, 1.165) is 18.7 Å². The van der Waals surface area contributed by atoms with Gasteiger partial charge in [0.2, 0.25) is 0 Å². The minimum Gasteiger partial charge on any atom is -0.611 e. The molecule has 0 bridgehead atoms. The van der Waals surface area contributed by atoms with Crippen molar-refractivity contribution >= 4 is 22.3 Å². The smallest absolute Gasteiger partial charge is 0.417 e. The number of aryl methyl sites for hydroxylation is 1. The molecule has 0 saturated heterocycles. The van der Waals surface area contributed by atoms with Crippen molar-refractivity contribution in [2.24, 2.45) is 7.05 Å². The number of hydrogen-bond donors (Lipinski definition) is 0. The Morgan fingerprint density at radius 2 is 1.96 bits per heavy atom. The molecule has 0 amide bonds. The highest BCUT2D eigenvalue weighted by atomic mass is 32.2. The Morgan fingerprint density at radius 3 is 2.64 bits per heavy atom. The normalized spacial score (nSPS) is 13.4. The maximum Gasteiger partial charge on any atom is 0.417 e. The molecule has 0 saturated carbocycles. The number of alkyl halides is 3. The Labute approximate surface area is 145 Å². The van der Waals surface area contributed by atoms with E-state index < -0.39 is 22.9 Å². The molecule has 3 aromatic rings. The molecule has 8 heteroatoms. The molecule has 1 atom stereocenters. The minimum atomic E-state index is -4.47. The van der Waals surface area contributed by atoms with Crippen LogP contribution in [0.1, 0.15) is 18.9 Å². The number of aromatic nitrogens is 3. The third-order valence-corrected chi connectivity index (χ3v) is 5.42. The summed E-state index contributed by atoms with van der Waals surface area (Å²) >= 11 is -1.20. The molecule has 0 aliphatic rings. The van der Waals surface area contributed by atoms with Crippen molar-refractivity contribution in [3.63, 3.8) is 0 Å². The first-order valence-corrected chi connectivity index (χ1v) is 9.02. The first-order chi connectivity index (χ1) is 11.8. The fraction of sp³-hybridized carbons (Fsp3) is 0.294. The van der Waals surface area contributed by atoms with Gasteiger partial charge in [0, 0.05) is 13.2 Å². The van der Waals surface area contributed by atoms with Crippen LogP contribution in [-0.4, -0.2) is 24.8 Å². The van der Waals surface area contributed by atoms with Gasteiger partial charge >= 0.3 is 6.18 Å². The standard InChI is InChI=1S/C17H16F3N3OS/c1-3-8-25(24)14-7-5-4-6-12(14)15-22-13-9-11(17(18,19)20)10-21-16(13)23(15)2/h4-7,9-10H,3,8H2,1-2H3. The number of pyridine rings is 1. The average molecular weight is 367 g/mol. The largest absolute Gasteiger partial charge is 0.611 e. The Morgan fingerprint density at radius 1 is 1.24 bits per heavy atom. The summed E-state index contributed by atoms with van der Waals surface area (Å²) in [6, 6.07) is 8.09. The Bertz CT molecular complexity index is 908. The molecule has 4 nitrogen and oxygen atoms in total. The molecule has 0 aliphatic heterocycles. The topological polar surface area (TPSA) is 53.8 Å². The van der Waals surface area contributed by atoms with Gasteiger partial charge in [0.15, 0.2) is 10.5 Å². The van der Waals surface area contributed by atoms with Gasteiger partial charge in [0.25, 0.3) is 0 Å². The van der Waals surface area contributed by atoms with Crippen LogP contribution in [0.25, 0.3) is 22.6 Å². The van der Waals surface area contributed by atoms with E-state index in [1.165, 1.54) is 0 Å². The van der Waals surface area contributed by atoms with Crippen LogP contribution in [0, 0.1) is 0 Å². The molecule has 2 aromatic heterocycles. The number of fused-ring (bicyclic) bond motifs is 1. The maximum atomic E-state index is 12.9. The highest BCUT2D eigenvalue weighted by Crippen LogP contribution is 2.33. The van der Waals surface area contributed by atoms with Gasteiger partial charge in [-0.3, -0.25) is 0 Å². The summed E-state index contributed by atoms with van der Waals surface area (Å²) in [4.78, 5) is 8.86. The van der Waals surface area contributed by atoms with Gasteiger partial charge in [-0.1, -0.05) is 19.1 Å². The molecule has 0 radical (unpaired) electrons. The summed E-state index contributed by atoms with van der Waals surface area (Å²) in [7, 11) is 1.68. The zero-order chi connectivity index (χ0) is 18.2. The van der Waals surface area contributed by atoms with E-state index in [2.05, 4.69) is 9.97 Å². The molecule has 3 rings (SSSR count). The molecular weight excluding hydrogens is 351 g/mol. The number of rotatable bonds is 4. The number of nitrogens with zero attached hydrogens (tertiary/aromatic N) is 3. The lowest BCUT2D eigenvalue weighted by atomic mass is 10.2. The Balaban J connectivity index is 2.16. The van der Waals surface area contributed by atoms with Crippen LogP contribution in [0.15, 0.2) is 41.4 Å². The second-order valence-corrected chi connectivity index (χ2v) is 7.14. The monoisotopic (exact) mass is 367 g/mol. The maximum absolute atomic E-state index is 12.9. The molecular formula is C17H16F3N3OS. The van der Waals surface area contributed by atoms with Crippen LogP contribution in [0.2, 0.25) is 0 Å². The summed E-state index contributed by atoms with van der Waals surface area (Å²) in [5, 5.41) is 0. The molecule has 0 aliphatic carbocycles. The second-order valence-electron chi connectivity index (χ2n) is 5.60. The van der Waals surface area contributed by atoms with Crippen molar-refractivity contribution in [2.75, 3.05) is 5.75 Å². The van der Waals surface area contributed by atoms with Gasteiger partial charge < -0.3 is 9.12 Å². The molecule has 132 valence electrons. The fourth-order valence-electron chi connectivity index (χ4n) is 2.62. The van der Waals surface area contributed by atoms with Gasteiger partial charge in [0.05, 0.1) is 11.1 Å². The molecule has 1 unspecified atom stereocenters. The third-order valence-electron chi connectivity index (χ3n) is 3.80. The second kappa shape index (κ2) is 6.68. The predicted molar refractivity (Wildman–Crippen MR) is 90.5 cm³/mol. The fourth-order valence-corrected chi connectivity index (χ4v) is 3.84. The molecule has 2 heterocycles. The first kappa shape index (κ1) is 17.8. The van der Waals surface area contributed by atoms with Crippen molar-refractivity contribution in [1.82, 2.24) is 14.5 Å². The van der Waals surface area contributed by atoms with Gasteiger partial charge in [-0.05, 0) is 35.8 Å². The van der Waals surface area contributed by atoms with Crippen molar-refractivity contribution < 1.29 is 17.7 Å². The summed E-state index contributed by atoms with van der Waals surface area (Å²) in [5.41, 5.74) is 0.304. The molecule has 0 fully saturated rings. The number of hydrogen-bond acceptors (Lipinski definition) is 3. The highest BCUT2D eigenvalue weighted by Gasteiger charge is 2.32. The van der Waals surface area contributed by atoms with Crippen LogP contribution >= 0.6 is 0 Å². The Hall–Kier alpha value is -2.06. The highest BCUT2D eigenvalue weighted by molar-refractivity contribution is 7.91. The summed E-state index contributed by atoms with van der Waals surface area (Å²) < 4.78 is 52.7. The summed E-state index contributed by atoms with van der Waals surface area (Å²) in [6.45, 7) is 1.94. The quantitative estimate of drug-likeness (QED) is 0.650. The van der Waals surface area contributed by atoms with Crippen molar-refractivity contribution in [1.29, 1.82) is 0 Å². The predicted octanol–water partition coefficient (Wildman–Crippen LogP) is 4.17. The first-order valence-electron chi connectivity index (χ1n) is 7.70. The van der Waals surface area contributed by atoms with Gasteiger partial charge in [-0.25, -0.2) is 9.97 Å². The van der Waals surface area contributed by atoms with Gasteiger partial charge in [-0.15, -0.1) is 0 Å². The lowest BCUT2D eigenvalue weighted by molar-refractivity contribution is -0.137. The molecule has 25 heavy (non-hydrogen) atoms. The van der Waals surface area contributed by atoms with Crippen LogP contribution in [-0.2, 0) is 24.4 Å². The van der Waals surface area contributed by atoms with E-state index in [1.807, 2.05) is 6.92 Å². The van der Waals surface area contributed by atoms with Crippen LogP contribution < -0.4 is 0 Å². The summed E-state index contributed by atoms with van der Waals surface area (Å²) in [6.07, 6.45) is -2.91.